The molecule has 1 aromatic carbocycles. The summed E-state index contributed by atoms with van der Waals surface area (Å²) < 4.78 is 1.49. The highest BCUT2D eigenvalue weighted by Gasteiger charge is 2.16. The molecule has 0 saturated carbocycles. The minimum Gasteiger partial charge on any atom is -0.346 e. The fourth-order valence-electron chi connectivity index (χ4n) is 2.27. The number of hydrogen-bond donors (Lipinski definition) is 1. The number of fused-ring (bicyclic) bond motifs is 1. The predicted octanol–water partition coefficient (Wildman–Crippen LogP) is 1.91. The van der Waals surface area contributed by atoms with Crippen LogP contribution in [0.3, 0.4) is 0 Å². The van der Waals surface area contributed by atoms with Gasteiger partial charge in [-0.05, 0) is 29.8 Å². The summed E-state index contributed by atoms with van der Waals surface area (Å²) in [6.07, 6.45) is 3.29. The smallest absolute Gasteiger partial charge is 0.276 e. The number of nitrogens with one attached hydrogen (secondary N) is 1. The lowest BCUT2D eigenvalue weighted by Gasteiger charge is -2.08. The van der Waals surface area contributed by atoms with Crippen LogP contribution >= 0.6 is 11.6 Å². The molecule has 6 nitrogen and oxygen atoms in total. The van der Waals surface area contributed by atoms with Crippen LogP contribution in [0.25, 0.3) is 10.9 Å². The minimum absolute atomic E-state index is 0.161. The average Bonchev–Trinajstić information content (AvgIpc) is 2.56. The van der Waals surface area contributed by atoms with Crippen LogP contribution in [0.1, 0.15) is 16.1 Å². The van der Waals surface area contributed by atoms with Gasteiger partial charge in [-0.2, -0.15) is 5.10 Å². The zero-order chi connectivity index (χ0) is 16.4. The van der Waals surface area contributed by atoms with Gasteiger partial charge < -0.3 is 5.32 Å². The Morgan fingerprint density at radius 3 is 2.91 bits per heavy atom. The first-order valence-electron chi connectivity index (χ1n) is 6.90. The van der Waals surface area contributed by atoms with E-state index in [-0.39, 0.29) is 12.2 Å². The average molecular weight is 329 g/mol. The van der Waals surface area contributed by atoms with E-state index < -0.39 is 11.3 Å². The van der Waals surface area contributed by atoms with Gasteiger partial charge in [-0.3, -0.25) is 19.3 Å². The Hall–Kier alpha value is -2.73. The second kappa shape index (κ2) is 6.18. The van der Waals surface area contributed by atoms with Crippen molar-refractivity contribution in [1.29, 1.82) is 0 Å². The molecule has 7 heteroatoms. The summed E-state index contributed by atoms with van der Waals surface area (Å²) in [4.78, 5) is 28.7. The Balaban J connectivity index is 1.94. The molecule has 0 aliphatic carbocycles. The second-order valence-electron chi connectivity index (χ2n) is 5.01. The fraction of sp³-hybridized carbons (Fsp3) is 0.125. The van der Waals surface area contributed by atoms with Crippen LogP contribution in [0.15, 0.2) is 47.5 Å². The number of nitrogens with zero attached hydrogens (tertiary/aromatic N) is 3. The van der Waals surface area contributed by atoms with Crippen LogP contribution in [-0.2, 0) is 13.6 Å². The van der Waals surface area contributed by atoms with Gasteiger partial charge in [0.05, 0.1) is 10.9 Å². The Bertz CT molecular complexity index is 938. The summed E-state index contributed by atoms with van der Waals surface area (Å²) >= 11 is 5.94. The Kier molecular flexibility index (Phi) is 4.08. The number of aromatic nitrogens is 3. The first-order chi connectivity index (χ1) is 11.1. The van der Waals surface area contributed by atoms with Crippen LogP contribution in [0.5, 0.6) is 0 Å². The quantitative estimate of drug-likeness (QED) is 0.796. The summed E-state index contributed by atoms with van der Waals surface area (Å²) in [5.41, 5.74) is 0.847. The highest BCUT2D eigenvalue weighted by Crippen LogP contribution is 2.15. The molecule has 2 aromatic heterocycles. The van der Waals surface area contributed by atoms with Crippen LogP contribution in [0, 0.1) is 0 Å². The first kappa shape index (κ1) is 15.2. The lowest BCUT2D eigenvalue weighted by molar-refractivity contribution is 0.0943. The third-order valence-corrected chi connectivity index (χ3v) is 3.64. The number of halogens is 1. The molecule has 116 valence electrons. The standard InChI is InChI=1S/C16H13ClN4O2/c1-21-13-5-4-11(17)7-12(13)15(22)14(20-21)16(23)19-9-10-3-2-6-18-8-10/h2-8H,9H2,1H3,(H,19,23). The maximum atomic E-state index is 12.5. The van der Waals surface area contributed by atoms with E-state index in [1.807, 2.05) is 6.07 Å². The van der Waals surface area contributed by atoms with Crippen LogP contribution < -0.4 is 10.7 Å². The summed E-state index contributed by atoms with van der Waals surface area (Å²) in [6, 6.07) is 8.52. The molecule has 2 heterocycles. The van der Waals surface area contributed by atoms with Crippen molar-refractivity contribution in [1.82, 2.24) is 20.1 Å². The molecular formula is C16H13ClN4O2. The van der Waals surface area contributed by atoms with Gasteiger partial charge in [0.15, 0.2) is 5.69 Å². The Morgan fingerprint density at radius 2 is 2.17 bits per heavy atom. The molecule has 0 unspecified atom stereocenters. The Morgan fingerprint density at radius 1 is 1.35 bits per heavy atom. The third-order valence-electron chi connectivity index (χ3n) is 3.41. The number of amides is 1. The van der Waals surface area contributed by atoms with Gasteiger partial charge in [0, 0.05) is 31.0 Å². The second-order valence-corrected chi connectivity index (χ2v) is 5.44. The molecule has 0 atom stereocenters. The zero-order valence-electron chi connectivity index (χ0n) is 12.3. The van der Waals surface area contributed by atoms with E-state index in [9.17, 15) is 9.59 Å². The minimum atomic E-state index is -0.531. The number of aryl methyl sites for hydroxylation is 1. The molecule has 3 aromatic rings. The highest BCUT2D eigenvalue weighted by atomic mass is 35.5. The maximum Gasteiger partial charge on any atom is 0.276 e. The maximum absolute atomic E-state index is 12.5. The molecule has 23 heavy (non-hydrogen) atoms. The summed E-state index contributed by atoms with van der Waals surface area (Å²) in [6.45, 7) is 0.269. The van der Waals surface area contributed by atoms with Gasteiger partial charge in [0.25, 0.3) is 5.91 Å². The van der Waals surface area contributed by atoms with Crippen molar-refractivity contribution >= 4 is 28.4 Å². The zero-order valence-corrected chi connectivity index (χ0v) is 13.0. The molecule has 0 aliphatic rings. The van der Waals surface area contributed by atoms with Gasteiger partial charge >= 0.3 is 0 Å². The molecule has 0 saturated heterocycles. The number of carbonyl (C=O) groups excluding carboxylic acids is 1. The number of hydrogen-bond acceptors (Lipinski definition) is 4. The van der Waals surface area contributed by atoms with Gasteiger partial charge in [-0.1, -0.05) is 17.7 Å². The van der Waals surface area contributed by atoms with Crippen molar-refractivity contribution in [3.63, 3.8) is 0 Å². The summed E-state index contributed by atoms with van der Waals surface area (Å²) in [5, 5.41) is 7.55. The van der Waals surface area contributed by atoms with Crippen LogP contribution in [0.2, 0.25) is 5.02 Å². The number of carbonyl (C=O) groups is 1. The molecule has 0 fully saturated rings. The monoisotopic (exact) mass is 328 g/mol. The van der Waals surface area contributed by atoms with Crippen molar-refractivity contribution in [3.8, 4) is 0 Å². The van der Waals surface area contributed by atoms with Gasteiger partial charge in [-0.25, -0.2) is 0 Å². The summed E-state index contributed by atoms with van der Waals surface area (Å²) in [5.74, 6) is -0.531. The molecule has 0 aliphatic heterocycles. The Labute approximate surface area is 136 Å². The van der Waals surface area contributed by atoms with E-state index in [0.717, 1.165) is 5.56 Å². The van der Waals surface area contributed by atoms with Crippen molar-refractivity contribution in [2.75, 3.05) is 0 Å². The van der Waals surface area contributed by atoms with Gasteiger partial charge in [-0.15, -0.1) is 0 Å². The highest BCUT2D eigenvalue weighted by molar-refractivity contribution is 6.31. The van der Waals surface area contributed by atoms with Crippen molar-refractivity contribution in [2.24, 2.45) is 7.05 Å². The molecule has 3 rings (SSSR count). The van der Waals surface area contributed by atoms with Gasteiger partial charge in [0.2, 0.25) is 5.43 Å². The first-order valence-corrected chi connectivity index (χ1v) is 7.28. The van der Waals surface area contributed by atoms with E-state index in [0.29, 0.717) is 15.9 Å². The van der Waals surface area contributed by atoms with Crippen LogP contribution in [-0.4, -0.2) is 20.7 Å². The fourth-order valence-corrected chi connectivity index (χ4v) is 2.44. The lowest BCUT2D eigenvalue weighted by Crippen LogP contribution is -2.31. The van der Waals surface area contributed by atoms with Crippen molar-refractivity contribution in [3.05, 3.63) is 69.2 Å². The molecular weight excluding hydrogens is 316 g/mol. The van der Waals surface area contributed by atoms with Crippen molar-refractivity contribution in [2.45, 2.75) is 6.54 Å². The lowest BCUT2D eigenvalue weighted by atomic mass is 10.2. The van der Waals surface area contributed by atoms with Crippen molar-refractivity contribution < 1.29 is 4.79 Å². The van der Waals surface area contributed by atoms with Crippen LogP contribution in [0.4, 0.5) is 0 Å². The normalized spacial score (nSPS) is 10.7. The number of pyridine rings is 1. The number of benzene rings is 1. The van der Waals surface area contributed by atoms with Gasteiger partial charge in [0.1, 0.15) is 0 Å². The number of rotatable bonds is 3. The predicted molar refractivity (Wildman–Crippen MR) is 87.4 cm³/mol. The molecule has 0 radical (unpaired) electrons. The third kappa shape index (κ3) is 3.07. The SMILES string of the molecule is Cn1nc(C(=O)NCc2cccnc2)c(=O)c2cc(Cl)ccc21. The molecule has 1 N–H and O–H groups in total. The largest absolute Gasteiger partial charge is 0.346 e. The topological polar surface area (TPSA) is 76.9 Å². The molecule has 0 spiro atoms. The van der Waals surface area contributed by atoms with E-state index in [2.05, 4.69) is 15.4 Å². The van der Waals surface area contributed by atoms with E-state index >= 15 is 0 Å². The van der Waals surface area contributed by atoms with E-state index in [1.54, 1.807) is 43.7 Å². The molecule has 1 amide bonds. The van der Waals surface area contributed by atoms with E-state index in [1.165, 1.54) is 4.68 Å². The molecule has 0 bridgehead atoms. The summed E-state index contributed by atoms with van der Waals surface area (Å²) in [7, 11) is 1.67. The van der Waals surface area contributed by atoms with E-state index in [4.69, 9.17) is 11.6 Å².